The molecule has 0 bridgehead atoms. The van der Waals surface area contributed by atoms with Gasteiger partial charge < -0.3 is 10.0 Å². The summed E-state index contributed by atoms with van der Waals surface area (Å²) in [5, 5.41) is 18.0. The zero-order valence-electron chi connectivity index (χ0n) is 11.0. The molecule has 4 heteroatoms. The van der Waals surface area contributed by atoms with E-state index in [-0.39, 0.29) is 5.56 Å². The molecule has 0 fully saturated rings. The van der Waals surface area contributed by atoms with E-state index >= 15 is 0 Å². The number of aromatic carboxylic acids is 1. The van der Waals surface area contributed by atoms with Crippen LogP contribution in [0.3, 0.4) is 0 Å². The SMILES string of the molecule is CC(C)CCN(C)c1ccc(C(=O)O)cc1C#N. The fraction of sp³-hybridized carbons (Fsp3) is 0.429. The molecule has 0 aliphatic carbocycles. The summed E-state index contributed by atoms with van der Waals surface area (Å²) in [5.74, 6) is -0.417. The Morgan fingerprint density at radius 1 is 1.50 bits per heavy atom. The van der Waals surface area contributed by atoms with E-state index < -0.39 is 5.97 Å². The van der Waals surface area contributed by atoms with Gasteiger partial charge in [0.25, 0.3) is 0 Å². The second-order valence-corrected chi connectivity index (χ2v) is 4.75. The van der Waals surface area contributed by atoms with Gasteiger partial charge in [-0.15, -0.1) is 0 Å². The normalized spacial score (nSPS) is 10.2. The van der Waals surface area contributed by atoms with E-state index in [0.717, 1.165) is 18.7 Å². The summed E-state index contributed by atoms with van der Waals surface area (Å²) in [4.78, 5) is 12.8. The molecule has 1 aromatic rings. The molecule has 0 heterocycles. The van der Waals surface area contributed by atoms with Crippen molar-refractivity contribution < 1.29 is 9.90 Å². The van der Waals surface area contributed by atoms with Gasteiger partial charge in [0.2, 0.25) is 0 Å². The summed E-state index contributed by atoms with van der Waals surface area (Å²) in [6, 6.07) is 6.70. The third-order valence-corrected chi connectivity index (χ3v) is 2.82. The Labute approximate surface area is 107 Å². The number of nitrogens with zero attached hydrogens (tertiary/aromatic N) is 2. The molecule has 4 nitrogen and oxygen atoms in total. The molecule has 0 spiro atoms. The van der Waals surface area contributed by atoms with E-state index in [0.29, 0.717) is 11.5 Å². The molecule has 1 N–H and O–H groups in total. The molecule has 1 rings (SSSR count). The van der Waals surface area contributed by atoms with Crippen molar-refractivity contribution in [3.63, 3.8) is 0 Å². The lowest BCUT2D eigenvalue weighted by atomic mass is 10.1. The number of anilines is 1. The van der Waals surface area contributed by atoms with Gasteiger partial charge in [-0.05, 0) is 30.5 Å². The molecule has 0 unspecified atom stereocenters. The molecule has 0 radical (unpaired) electrons. The summed E-state index contributed by atoms with van der Waals surface area (Å²) < 4.78 is 0. The topological polar surface area (TPSA) is 64.3 Å². The first-order chi connectivity index (χ1) is 8.45. The van der Waals surface area contributed by atoms with Crippen LogP contribution in [-0.4, -0.2) is 24.7 Å². The molecule has 0 atom stereocenters. The number of nitriles is 1. The van der Waals surface area contributed by atoms with Gasteiger partial charge in [0.05, 0.1) is 16.8 Å². The fourth-order valence-electron chi connectivity index (χ4n) is 1.66. The Morgan fingerprint density at radius 3 is 2.67 bits per heavy atom. The number of carboxylic acids is 1. The molecule has 0 aromatic heterocycles. The number of rotatable bonds is 5. The van der Waals surface area contributed by atoms with Crippen LogP contribution in [0.2, 0.25) is 0 Å². The van der Waals surface area contributed by atoms with Gasteiger partial charge in [0, 0.05) is 13.6 Å². The van der Waals surface area contributed by atoms with E-state index in [1.807, 2.05) is 11.9 Å². The maximum atomic E-state index is 10.8. The lowest BCUT2D eigenvalue weighted by molar-refractivity contribution is 0.0697. The average molecular weight is 246 g/mol. The van der Waals surface area contributed by atoms with Crippen LogP contribution in [0.5, 0.6) is 0 Å². The fourth-order valence-corrected chi connectivity index (χ4v) is 1.66. The second kappa shape index (κ2) is 6.06. The minimum Gasteiger partial charge on any atom is -0.478 e. The molecule has 18 heavy (non-hydrogen) atoms. The van der Waals surface area contributed by atoms with Gasteiger partial charge in [-0.3, -0.25) is 0 Å². The molecular weight excluding hydrogens is 228 g/mol. The molecular formula is C14H18N2O2. The standard InChI is InChI=1S/C14H18N2O2/c1-10(2)6-7-16(3)13-5-4-11(14(17)18)8-12(13)9-15/h4-5,8,10H,6-7H2,1-3H3,(H,17,18). The van der Waals surface area contributed by atoms with Crippen LogP contribution in [0.4, 0.5) is 5.69 Å². The Morgan fingerprint density at radius 2 is 2.17 bits per heavy atom. The van der Waals surface area contributed by atoms with Crippen LogP contribution in [0.15, 0.2) is 18.2 Å². The van der Waals surface area contributed by atoms with Crippen molar-refractivity contribution in [3.05, 3.63) is 29.3 Å². The average Bonchev–Trinajstić information content (AvgIpc) is 2.34. The number of carbonyl (C=O) groups is 1. The quantitative estimate of drug-likeness (QED) is 0.867. The minimum absolute atomic E-state index is 0.146. The van der Waals surface area contributed by atoms with Crippen molar-refractivity contribution in [1.82, 2.24) is 0 Å². The number of benzene rings is 1. The van der Waals surface area contributed by atoms with Crippen LogP contribution in [0, 0.1) is 17.2 Å². The van der Waals surface area contributed by atoms with Gasteiger partial charge in [-0.2, -0.15) is 5.26 Å². The zero-order valence-corrected chi connectivity index (χ0v) is 11.0. The highest BCUT2D eigenvalue weighted by molar-refractivity contribution is 5.89. The monoisotopic (exact) mass is 246 g/mol. The molecule has 96 valence electrons. The van der Waals surface area contributed by atoms with Crippen LogP contribution >= 0.6 is 0 Å². The minimum atomic E-state index is -1.01. The summed E-state index contributed by atoms with van der Waals surface area (Å²) in [5.41, 5.74) is 1.33. The summed E-state index contributed by atoms with van der Waals surface area (Å²) in [6.45, 7) is 5.14. The van der Waals surface area contributed by atoms with Crippen molar-refractivity contribution >= 4 is 11.7 Å². The molecule has 0 amide bonds. The van der Waals surface area contributed by atoms with Gasteiger partial charge in [-0.1, -0.05) is 13.8 Å². The van der Waals surface area contributed by atoms with Crippen LogP contribution in [0.25, 0.3) is 0 Å². The Balaban J connectivity index is 2.95. The van der Waals surface area contributed by atoms with Gasteiger partial charge in [0.15, 0.2) is 0 Å². The van der Waals surface area contributed by atoms with Crippen molar-refractivity contribution in [3.8, 4) is 6.07 Å². The number of hydrogen-bond donors (Lipinski definition) is 1. The first-order valence-electron chi connectivity index (χ1n) is 5.94. The van der Waals surface area contributed by atoms with Gasteiger partial charge >= 0.3 is 5.97 Å². The lowest BCUT2D eigenvalue weighted by Gasteiger charge is -2.21. The predicted molar refractivity (Wildman–Crippen MR) is 70.8 cm³/mol. The van der Waals surface area contributed by atoms with Crippen LogP contribution in [0.1, 0.15) is 36.2 Å². The molecule has 0 aliphatic rings. The van der Waals surface area contributed by atoms with E-state index in [2.05, 4.69) is 19.9 Å². The van der Waals surface area contributed by atoms with Crippen molar-refractivity contribution in [1.29, 1.82) is 5.26 Å². The summed E-state index contributed by atoms with van der Waals surface area (Å²) in [7, 11) is 1.92. The highest BCUT2D eigenvalue weighted by atomic mass is 16.4. The third-order valence-electron chi connectivity index (χ3n) is 2.82. The van der Waals surface area contributed by atoms with E-state index in [4.69, 9.17) is 10.4 Å². The summed E-state index contributed by atoms with van der Waals surface area (Å²) >= 11 is 0. The Kier molecular flexibility index (Phi) is 4.73. The molecule has 0 saturated carbocycles. The molecule has 1 aromatic carbocycles. The first kappa shape index (κ1) is 14.0. The Hall–Kier alpha value is -2.02. The maximum Gasteiger partial charge on any atom is 0.335 e. The smallest absolute Gasteiger partial charge is 0.335 e. The van der Waals surface area contributed by atoms with Gasteiger partial charge in [0.1, 0.15) is 6.07 Å². The van der Waals surface area contributed by atoms with E-state index in [9.17, 15) is 4.79 Å². The largest absolute Gasteiger partial charge is 0.478 e. The van der Waals surface area contributed by atoms with Crippen molar-refractivity contribution in [2.24, 2.45) is 5.92 Å². The Bertz CT molecular complexity index is 475. The van der Waals surface area contributed by atoms with Crippen molar-refractivity contribution in [2.75, 3.05) is 18.5 Å². The zero-order chi connectivity index (χ0) is 13.7. The number of carboxylic acid groups (broad SMARTS) is 1. The number of hydrogen-bond acceptors (Lipinski definition) is 3. The van der Waals surface area contributed by atoms with Gasteiger partial charge in [-0.25, -0.2) is 4.79 Å². The summed E-state index contributed by atoms with van der Waals surface area (Å²) in [6.07, 6.45) is 1.03. The maximum absolute atomic E-state index is 10.8. The highest BCUT2D eigenvalue weighted by Crippen LogP contribution is 2.21. The van der Waals surface area contributed by atoms with E-state index in [1.54, 1.807) is 6.07 Å². The van der Waals surface area contributed by atoms with Crippen LogP contribution in [-0.2, 0) is 0 Å². The van der Waals surface area contributed by atoms with Crippen LogP contribution < -0.4 is 4.90 Å². The van der Waals surface area contributed by atoms with E-state index in [1.165, 1.54) is 12.1 Å². The second-order valence-electron chi connectivity index (χ2n) is 4.75. The predicted octanol–water partition coefficient (Wildman–Crippen LogP) is 2.74. The molecule has 0 saturated heterocycles. The third kappa shape index (κ3) is 3.49. The molecule has 0 aliphatic heterocycles. The van der Waals surface area contributed by atoms with Crippen molar-refractivity contribution in [2.45, 2.75) is 20.3 Å². The lowest BCUT2D eigenvalue weighted by Crippen LogP contribution is -2.21. The highest BCUT2D eigenvalue weighted by Gasteiger charge is 2.11. The first-order valence-corrected chi connectivity index (χ1v) is 5.94.